The molecule has 0 fully saturated rings. The Kier molecular flexibility index (Phi) is 6.86. The van der Waals surface area contributed by atoms with Gasteiger partial charge in [0.2, 0.25) is 5.91 Å². The third-order valence-corrected chi connectivity index (χ3v) is 6.68. The molecule has 0 spiro atoms. The van der Waals surface area contributed by atoms with E-state index in [0.717, 1.165) is 16.8 Å². The Morgan fingerprint density at radius 3 is 2.58 bits per heavy atom. The van der Waals surface area contributed by atoms with E-state index in [1.165, 1.54) is 11.8 Å². The molecule has 1 amide bonds. The number of aromatic nitrogens is 2. The molecular formula is C26H24ClN3O2S. The van der Waals surface area contributed by atoms with Gasteiger partial charge in [0.25, 0.3) is 5.56 Å². The van der Waals surface area contributed by atoms with Crippen LogP contribution in [0.25, 0.3) is 16.6 Å². The fourth-order valence-corrected chi connectivity index (χ4v) is 4.58. The van der Waals surface area contributed by atoms with E-state index in [-0.39, 0.29) is 23.1 Å². The van der Waals surface area contributed by atoms with Gasteiger partial charge in [-0.05, 0) is 54.3 Å². The molecule has 0 aliphatic carbocycles. The standard InChI is InChI=1S/C26H24ClN3O2S/c1-16(2)19-8-5-7-11-23(19)30-25(32)20-9-4-6-10-22(20)29-26(30)33-15-24(31)28-18-13-12-17(3)21(27)14-18/h4-14,16H,15H2,1-3H3,(H,28,31). The first-order valence-corrected chi connectivity index (χ1v) is 12.0. The Bertz CT molecular complexity index is 1400. The summed E-state index contributed by atoms with van der Waals surface area (Å²) >= 11 is 7.40. The van der Waals surface area contributed by atoms with Gasteiger partial charge in [0.15, 0.2) is 5.16 Å². The van der Waals surface area contributed by atoms with E-state index >= 15 is 0 Å². The predicted molar refractivity (Wildman–Crippen MR) is 137 cm³/mol. The topological polar surface area (TPSA) is 64.0 Å². The van der Waals surface area contributed by atoms with Crippen LogP contribution in [0.4, 0.5) is 5.69 Å². The lowest BCUT2D eigenvalue weighted by Crippen LogP contribution is -2.24. The summed E-state index contributed by atoms with van der Waals surface area (Å²) in [5, 5.41) is 4.47. The highest BCUT2D eigenvalue weighted by Crippen LogP contribution is 2.27. The average Bonchev–Trinajstić information content (AvgIpc) is 2.80. The Morgan fingerprint density at radius 2 is 1.82 bits per heavy atom. The summed E-state index contributed by atoms with van der Waals surface area (Å²) in [6.07, 6.45) is 0. The smallest absolute Gasteiger partial charge is 0.266 e. The fraction of sp³-hybridized carbons (Fsp3) is 0.192. The zero-order valence-corrected chi connectivity index (χ0v) is 20.2. The van der Waals surface area contributed by atoms with Crippen LogP contribution in [0, 0.1) is 6.92 Å². The van der Waals surface area contributed by atoms with Crippen LogP contribution in [0.2, 0.25) is 5.02 Å². The first-order chi connectivity index (χ1) is 15.8. The number of amides is 1. The van der Waals surface area contributed by atoms with E-state index in [4.69, 9.17) is 16.6 Å². The number of nitrogens with zero attached hydrogens (tertiary/aromatic N) is 2. The molecule has 4 rings (SSSR count). The minimum absolute atomic E-state index is 0.0973. The molecule has 33 heavy (non-hydrogen) atoms. The highest BCUT2D eigenvalue weighted by Gasteiger charge is 2.18. The first kappa shape index (κ1) is 23.1. The summed E-state index contributed by atoms with van der Waals surface area (Å²) in [4.78, 5) is 30.9. The summed E-state index contributed by atoms with van der Waals surface area (Å²) < 4.78 is 1.62. The van der Waals surface area contributed by atoms with Crippen LogP contribution in [0.5, 0.6) is 0 Å². The molecule has 0 aliphatic heterocycles. The van der Waals surface area contributed by atoms with Crippen LogP contribution in [-0.4, -0.2) is 21.2 Å². The second-order valence-electron chi connectivity index (χ2n) is 8.07. The van der Waals surface area contributed by atoms with Crippen molar-refractivity contribution in [3.05, 3.63) is 93.2 Å². The lowest BCUT2D eigenvalue weighted by atomic mass is 10.0. The van der Waals surface area contributed by atoms with E-state index in [2.05, 4.69) is 19.2 Å². The highest BCUT2D eigenvalue weighted by atomic mass is 35.5. The second-order valence-corrected chi connectivity index (χ2v) is 9.42. The third kappa shape index (κ3) is 4.97. The minimum atomic E-state index is -0.203. The van der Waals surface area contributed by atoms with Gasteiger partial charge in [0, 0.05) is 10.7 Å². The maximum atomic E-state index is 13.5. The second kappa shape index (κ2) is 9.81. The van der Waals surface area contributed by atoms with E-state index in [9.17, 15) is 9.59 Å². The van der Waals surface area contributed by atoms with Crippen LogP contribution in [0.3, 0.4) is 0 Å². The number of rotatable bonds is 6. The molecule has 0 unspecified atom stereocenters. The number of fused-ring (bicyclic) bond motifs is 1. The van der Waals surface area contributed by atoms with Crippen molar-refractivity contribution in [2.45, 2.75) is 31.8 Å². The summed E-state index contributed by atoms with van der Waals surface area (Å²) in [6, 6.07) is 20.5. The van der Waals surface area contributed by atoms with Gasteiger partial charge in [-0.1, -0.05) is 73.6 Å². The van der Waals surface area contributed by atoms with E-state index in [0.29, 0.717) is 26.8 Å². The largest absolute Gasteiger partial charge is 0.325 e. The fourth-order valence-electron chi connectivity index (χ4n) is 3.60. The van der Waals surface area contributed by atoms with Crippen molar-refractivity contribution in [1.82, 2.24) is 9.55 Å². The van der Waals surface area contributed by atoms with Crippen molar-refractivity contribution in [3.63, 3.8) is 0 Å². The van der Waals surface area contributed by atoms with Crippen LogP contribution in [-0.2, 0) is 4.79 Å². The van der Waals surface area contributed by atoms with E-state index in [1.807, 2.05) is 61.5 Å². The molecule has 4 aromatic rings. The number of para-hydroxylation sites is 2. The van der Waals surface area contributed by atoms with Crippen LogP contribution >= 0.6 is 23.4 Å². The maximum absolute atomic E-state index is 13.5. The summed E-state index contributed by atoms with van der Waals surface area (Å²) in [6.45, 7) is 6.08. The third-order valence-electron chi connectivity index (χ3n) is 5.33. The lowest BCUT2D eigenvalue weighted by molar-refractivity contribution is -0.113. The number of halogens is 1. The summed E-state index contributed by atoms with van der Waals surface area (Å²) in [5.74, 6) is 0.109. The van der Waals surface area contributed by atoms with E-state index in [1.54, 1.807) is 16.7 Å². The molecule has 0 saturated heterocycles. The molecule has 7 heteroatoms. The van der Waals surface area contributed by atoms with Crippen molar-refractivity contribution in [2.75, 3.05) is 11.1 Å². The zero-order chi connectivity index (χ0) is 23.5. The minimum Gasteiger partial charge on any atom is -0.325 e. The van der Waals surface area contributed by atoms with Crippen LogP contribution in [0.15, 0.2) is 76.7 Å². The Hall–Kier alpha value is -3.09. The molecule has 1 heterocycles. The monoisotopic (exact) mass is 477 g/mol. The van der Waals surface area contributed by atoms with Gasteiger partial charge < -0.3 is 5.32 Å². The van der Waals surface area contributed by atoms with Crippen molar-refractivity contribution < 1.29 is 4.79 Å². The molecule has 1 N–H and O–H groups in total. The first-order valence-electron chi connectivity index (χ1n) is 10.6. The quantitative estimate of drug-likeness (QED) is 0.265. The molecule has 168 valence electrons. The van der Waals surface area contributed by atoms with Crippen molar-refractivity contribution in [1.29, 1.82) is 0 Å². The number of anilines is 1. The van der Waals surface area contributed by atoms with Gasteiger partial charge >= 0.3 is 0 Å². The average molecular weight is 478 g/mol. The zero-order valence-electron chi connectivity index (χ0n) is 18.6. The van der Waals surface area contributed by atoms with Gasteiger partial charge in [-0.2, -0.15) is 0 Å². The van der Waals surface area contributed by atoms with Gasteiger partial charge in [-0.3, -0.25) is 14.2 Å². The van der Waals surface area contributed by atoms with Gasteiger partial charge in [-0.25, -0.2) is 4.98 Å². The number of nitrogens with one attached hydrogen (secondary N) is 1. The van der Waals surface area contributed by atoms with Crippen molar-refractivity contribution in [3.8, 4) is 5.69 Å². The number of aryl methyl sites for hydroxylation is 1. The summed E-state index contributed by atoms with van der Waals surface area (Å²) in [5.41, 5.74) is 3.85. The number of hydrogen-bond acceptors (Lipinski definition) is 4. The Balaban J connectivity index is 1.71. The number of carbonyl (C=O) groups excluding carboxylic acids is 1. The molecular weight excluding hydrogens is 454 g/mol. The molecule has 5 nitrogen and oxygen atoms in total. The molecule has 0 bridgehead atoms. The van der Waals surface area contributed by atoms with Crippen molar-refractivity contribution >= 4 is 45.9 Å². The molecule has 0 radical (unpaired) electrons. The number of carbonyl (C=O) groups is 1. The predicted octanol–water partition coefficient (Wildman–Crippen LogP) is 6.20. The highest BCUT2D eigenvalue weighted by molar-refractivity contribution is 7.99. The maximum Gasteiger partial charge on any atom is 0.266 e. The molecule has 3 aromatic carbocycles. The van der Waals surface area contributed by atoms with Gasteiger partial charge in [-0.15, -0.1) is 0 Å². The SMILES string of the molecule is Cc1ccc(NC(=O)CSc2nc3ccccc3c(=O)n2-c2ccccc2C(C)C)cc1Cl. The van der Waals surface area contributed by atoms with Crippen molar-refractivity contribution in [2.24, 2.45) is 0 Å². The Morgan fingerprint density at radius 1 is 1.09 bits per heavy atom. The number of benzene rings is 3. The van der Waals surface area contributed by atoms with Crippen LogP contribution in [0.1, 0.15) is 30.9 Å². The molecule has 0 saturated carbocycles. The summed E-state index contributed by atoms with van der Waals surface area (Å²) in [7, 11) is 0. The lowest BCUT2D eigenvalue weighted by Gasteiger charge is -2.18. The normalized spacial score (nSPS) is 11.2. The van der Waals surface area contributed by atoms with Gasteiger partial charge in [0.1, 0.15) is 0 Å². The Labute approximate surface area is 201 Å². The molecule has 0 atom stereocenters. The molecule has 1 aromatic heterocycles. The number of thioether (sulfide) groups is 1. The molecule has 0 aliphatic rings. The number of hydrogen-bond donors (Lipinski definition) is 1. The van der Waals surface area contributed by atoms with E-state index < -0.39 is 0 Å². The van der Waals surface area contributed by atoms with Gasteiger partial charge in [0.05, 0.1) is 22.3 Å². The van der Waals surface area contributed by atoms with Crippen LogP contribution < -0.4 is 10.9 Å².